The molecule has 122 valence electrons. The maximum atomic E-state index is 12.9. The van der Waals surface area contributed by atoms with Crippen LogP contribution in [0.5, 0.6) is 0 Å². The molecule has 2 aromatic carbocycles. The molecule has 3 rings (SSSR count). The molecule has 0 aromatic heterocycles. The molecule has 2 aromatic rings. The van der Waals surface area contributed by atoms with Crippen molar-refractivity contribution in [3.63, 3.8) is 0 Å². The van der Waals surface area contributed by atoms with E-state index in [4.69, 9.17) is 0 Å². The zero-order chi connectivity index (χ0) is 16.8. The van der Waals surface area contributed by atoms with Crippen molar-refractivity contribution in [1.29, 1.82) is 0 Å². The quantitative estimate of drug-likeness (QED) is 0.614. The van der Waals surface area contributed by atoms with Crippen LogP contribution in [0.4, 0.5) is 0 Å². The molecule has 0 saturated carbocycles. The minimum Gasteiger partial charge on any atom is -0.368 e. The third-order valence-electron chi connectivity index (χ3n) is 4.29. The van der Waals surface area contributed by atoms with Crippen LogP contribution in [0.2, 0.25) is 0 Å². The molecule has 3 nitrogen and oxygen atoms in total. The number of hydrogen-bond donors (Lipinski definition) is 0. The molecule has 0 unspecified atom stereocenters. The van der Waals surface area contributed by atoms with E-state index in [2.05, 4.69) is 4.90 Å². The van der Waals surface area contributed by atoms with Gasteiger partial charge in [0.1, 0.15) is 0 Å². The normalized spacial score (nSPS) is 15.2. The van der Waals surface area contributed by atoms with Crippen molar-refractivity contribution < 1.29 is 9.59 Å². The van der Waals surface area contributed by atoms with Crippen LogP contribution in [-0.4, -0.2) is 29.6 Å². The SMILES string of the molecule is O=C(C=C(C(=O)c1ccccc1)N1CCCCC1)c1ccccc1. The molecule has 0 amide bonds. The van der Waals surface area contributed by atoms with Gasteiger partial charge >= 0.3 is 0 Å². The van der Waals surface area contributed by atoms with Gasteiger partial charge in [0, 0.05) is 30.3 Å². The van der Waals surface area contributed by atoms with Gasteiger partial charge in [0.25, 0.3) is 0 Å². The molecule has 1 aliphatic rings. The summed E-state index contributed by atoms with van der Waals surface area (Å²) in [5, 5.41) is 0. The van der Waals surface area contributed by atoms with E-state index in [-0.39, 0.29) is 11.6 Å². The fourth-order valence-electron chi connectivity index (χ4n) is 2.98. The average molecular weight is 319 g/mol. The van der Waals surface area contributed by atoms with E-state index in [9.17, 15) is 9.59 Å². The van der Waals surface area contributed by atoms with Gasteiger partial charge in [-0.2, -0.15) is 0 Å². The Morgan fingerprint density at radius 2 is 1.29 bits per heavy atom. The Kier molecular flexibility index (Phi) is 5.22. The molecule has 3 heteroatoms. The van der Waals surface area contributed by atoms with E-state index >= 15 is 0 Å². The largest absolute Gasteiger partial charge is 0.368 e. The van der Waals surface area contributed by atoms with Crippen LogP contribution in [-0.2, 0) is 0 Å². The molecule has 1 saturated heterocycles. The van der Waals surface area contributed by atoms with E-state index in [1.54, 1.807) is 24.3 Å². The number of likely N-dealkylation sites (tertiary alicyclic amines) is 1. The summed E-state index contributed by atoms with van der Waals surface area (Å²) in [5.41, 5.74) is 1.73. The van der Waals surface area contributed by atoms with Gasteiger partial charge in [0.05, 0.1) is 5.70 Å². The molecular formula is C21H21NO2. The molecule has 0 radical (unpaired) electrons. The summed E-state index contributed by atoms with van der Waals surface area (Å²) in [6.07, 6.45) is 4.80. The number of Topliss-reactive ketones (excluding diaryl/α,β-unsaturated/α-hetero) is 1. The second-order valence-electron chi connectivity index (χ2n) is 6.00. The Hall–Kier alpha value is -2.68. The monoisotopic (exact) mass is 319 g/mol. The minimum absolute atomic E-state index is 0.0817. The fraction of sp³-hybridized carbons (Fsp3) is 0.238. The Morgan fingerprint density at radius 1 is 0.750 bits per heavy atom. The lowest BCUT2D eigenvalue weighted by Gasteiger charge is -2.30. The zero-order valence-electron chi connectivity index (χ0n) is 13.7. The number of piperidine rings is 1. The summed E-state index contributed by atoms with van der Waals surface area (Å²) in [6, 6.07) is 18.3. The number of nitrogens with zero attached hydrogens (tertiary/aromatic N) is 1. The molecule has 1 aliphatic heterocycles. The Bertz CT molecular complexity index is 729. The van der Waals surface area contributed by atoms with Crippen molar-refractivity contribution >= 4 is 11.6 Å². The van der Waals surface area contributed by atoms with E-state index in [1.165, 1.54) is 12.5 Å². The highest BCUT2D eigenvalue weighted by molar-refractivity contribution is 6.14. The van der Waals surface area contributed by atoms with E-state index in [0.29, 0.717) is 16.8 Å². The zero-order valence-corrected chi connectivity index (χ0v) is 13.7. The van der Waals surface area contributed by atoms with Crippen molar-refractivity contribution in [2.75, 3.05) is 13.1 Å². The second-order valence-corrected chi connectivity index (χ2v) is 6.00. The van der Waals surface area contributed by atoms with Gasteiger partial charge in [0.15, 0.2) is 5.78 Å². The summed E-state index contributed by atoms with van der Waals surface area (Å²) in [5.74, 6) is -0.206. The second kappa shape index (κ2) is 7.73. The summed E-state index contributed by atoms with van der Waals surface area (Å²) in [7, 11) is 0. The summed E-state index contributed by atoms with van der Waals surface area (Å²) in [4.78, 5) is 27.6. The first kappa shape index (κ1) is 16.2. The van der Waals surface area contributed by atoms with Crippen molar-refractivity contribution in [1.82, 2.24) is 4.90 Å². The maximum Gasteiger partial charge on any atom is 0.209 e. The van der Waals surface area contributed by atoms with E-state index in [0.717, 1.165) is 25.9 Å². The third-order valence-corrected chi connectivity index (χ3v) is 4.29. The van der Waals surface area contributed by atoms with Crippen LogP contribution < -0.4 is 0 Å². The Balaban J connectivity index is 1.94. The highest BCUT2D eigenvalue weighted by atomic mass is 16.1. The molecule has 1 heterocycles. The molecule has 1 fully saturated rings. The summed E-state index contributed by atoms with van der Waals surface area (Å²) < 4.78 is 0. The van der Waals surface area contributed by atoms with Crippen molar-refractivity contribution in [3.05, 3.63) is 83.6 Å². The van der Waals surface area contributed by atoms with Crippen LogP contribution in [0.15, 0.2) is 72.4 Å². The number of carbonyl (C=O) groups is 2. The van der Waals surface area contributed by atoms with Crippen LogP contribution in [0.3, 0.4) is 0 Å². The number of rotatable bonds is 5. The molecule has 0 aliphatic carbocycles. The number of benzene rings is 2. The van der Waals surface area contributed by atoms with Crippen molar-refractivity contribution in [2.45, 2.75) is 19.3 Å². The lowest BCUT2D eigenvalue weighted by molar-refractivity contribution is 0.0965. The predicted molar refractivity (Wildman–Crippen MR) is 95.1 cm³/mol. The predicted octanol–water partition coefficient (Wildman–Crippen LogP) is 4.12. The van der Waals surface area contributed by atoms with Gasteiger partial charge in [-0.05, 0) is 19.3 Å². The van der Waals surface area contributed by atoms with Crippen molar-refractivity contribution in [2.24, 2.45) is 0 Å². The highest BCUT2D eigenvalue weighted by Crippen LogP contribution is 2.19. The highest BCUT2D eigenvalue weighted by Gasteiger charge is 2.22. The van der Waals surface area contributed by atoms with E-state index < -0.39 is 0 Å². The molecular weight excluding hydrogens is 298 g/mol. The van der Waals surface area contributed by atoms with Gasteiger partial charge in [-0.3, -0.25) is 9.59 Å². The van der Waals surface area contributed by atoms with Gasteiger partial charge in [-0.15, -0.1) is 0 Å². The molecule has 0 N–H and O–H groups in total. The number of hydrogen-bond acceptors (Lipinski definition) is 3. The minimum atomic E-state index is -0.125. The smallest absolute Gasteiger partial charge is 0.209 e. The number of ketones is 2. The van der Waals surface area contributed by atoms with Crippen molar-refractivity contribution in [3.8, 4) is 0 Å². The molecule has 0 atom stereocenters. The first-order valence-electron chi connectivity index (χ1n) is 8.41. The molecule has 0 bridgehead atoms. The lowest BCUT2D eigenvalue weighted by atomic mass is 10.0. The maximum absolute atomic E-state index is 12.9. The number of allylic oxidation sites excluding steroid dienone is 2. The number of carbonyl (C=O) groups excluding carboxylic acids is 2. The first-order valence-corrected chi connectivity index (χ1v) is 8.41. The Labute approximate surface area is 142 Å². The standard InChI is InChI=1S/C21H21NO2/c23-20(17-10-4-1-5-11-17)16-19(22-14-8-3-9-15-22)21(24)18-12-6-2-7-13-18/h1-2,4-7,10-13,16H,3,8-9,14-15H2. The Morgan fingerprint density at radius 3 is 1.88 bits per heavy atom. The molecule has 0 spiro atoms. The van der Waals surface area contributed by atoms with E-state index in [1.807, 2.05) is 36.4 Å². The fourth-order valence-corrected chi connectivity index (χ4v) is 2.98. The van der Waals surface area contributed by atoms with Gasteiger partial charge < -0.3 is 4.90 Å². The average Bonchev–Trinajstić information content (AvgIpc) is 2.67. The van der Waals surface area contributed by atoms with Gasteiger partial charge in [-0.25, -0.2) is 0 Å². The van der Waals surface area contributed by atoms with Crippen LogP contribution >= 0.6 is 0 Å². The molecule has 24 heavy (non-hydrogen) atoms. The van der Waals surface area contributed by atoms with Crippen LogP contribution in [0.25, 0.3) is 0 Å². The lowest BCUT2D eigenvalue weighted by Crippen LogP contribution is -2.33. The van der Waals surface area contributed by atoms with Crippen LogP contribution in [0, 0.1) is 0 Å². The third kappa shape index (κ3) is 3.80. The summed E-state index contributed by atoms with van der Waals surface area (Å²) in [6.45, 7) is 1.65. The summed E-state index contributed by atoms with van der Waals surface area (Å²) >= 11 is 0. The topological polar surface area (TPSA) is 37.4 Å². The first-order chi connectivity index (χ1) is 11.8. The van der Waals surface area contributed by atoms with Crippen LogP contribution in [0.1, 0.15) is 40.0 Å². The van der Waals surface area contributed by atoms with Gasteiger partial charge in [-0.1, -0.05) is 60.7 Å². The van der Waals surface area contributed by atoms with Gasteiger partial charge in [0.2, 0.25) is 5.78 Å².